The summed E-state index contributed by atoms with van der Waals surface area (Å²) in [7, 11) is 5.08. The highest BCUT2D eigenvalue weighted by Crippen LogP contribution is 2.29. The summed E-state index contributed by atoms with van der Waals surface area (Å²) in [5.74, 6) is 0. The molecule has 0 aliphatic carbocycles. The first kappa shape index (κ1) is 38.9. The Morgan fingerprint density at radius 2 is 0.757 bits per heavy atom. The summed E-state index contributed by atoms with van der Waals surface area (Å²) in [4.78, 5) is 0. The summed E-state index contributed by atoms with van der Waals surface area (Å²) in [6.07, 6.45) is 16.2. The van der Waals surface area contributed by atoms with Crippen LogP contribution < -0.4 is 24.8 Å². The van der Waals surface area contributed by atoms with E-state index in [1.807, 2.05) is 0 Å². The lowest BCUT2D eigenvalue weighted by Crippen LogP contribution is -3.00. The third-order valence-electron chi connectivity index (χ3n) is 8.58. The maximum Gasteiger partial charge on any atom is 0.105 e. The van der Waals surface area contributed by atoms with Crippen LogP contribution in [0.5, 0.6) is 0 Å². The summed E-state index contributed by atoms with van der Waals surface area (Å²) in [5.41, 5.74) is 7.94. The number of hydrogen-bond donors (Lipinski definition) is 0. The molecular formula is C33H64Cl2N2. The fraction of sp³-hybridized carbons (Fsp3) is 0.818. The Bertz CT molecular complexity index is 641. The fourth-order valence-electron chi connectivity index (χ4n) is 6.04. The van der Waals surface area contributed by atoms with Gasteiger partial charge in [0.15, 0.2) is 0 Å². The van der Waals surface area contributed by atoms with Gasteiger partial charge in [-0.1, -0.05) is 59.4 Å². The van der Waals surface area contributed by atoms with Crippen molar-refractivity contribution in [3.8, 4) is 0 Å². The number of rotatable bonds is 20. The van der Waals surface area contributed by atoms with E-state index in [0.717, 1.165) is 0 Å². The van der Waals surface area contributed by atoms with E-state index in [1.165, 1.54) is 136 Å². The molecule has 2 nitrogen and oxygen atoms in total. The average molecular weight is 560 g/mol. The largest absolute Gasteiger partial charge is 1.00 e. The van der Waals surface area contributed by atoms with Gasteiger partial charge in [0.05, 0.1) is 40.3 Å². The molecule has 0 bridgehead atoms. The van der Waals surface area contributed by atoms with Gasteiger partial charge < -0.3 is 33.8 Å². The molecule has 0 heterocycles. The molecular weight excluding hydrogens is 495 g/mol. The minimum Gasteiger partial charge on any atom is -1.00 e. The Balaban J connectivity index is 0. The van der Waals surface area contributed by atoms with Crippen molar-refractivity contribution in [1.82, 2.24) is 0 Å². The zero-order valence-electron chi connectivity index (χ0n) is 26.5. The first-order valence-electron chi connectivity index (χ1n) is 15.4. The van der Waals surface area contributed by atoms with Crippen LogP contribution in [0.2, 0.25) is 0 Å². The smallest absolute Gasteiger partial charge is 0.105 e. The van der Waals surface area contributed by atoms with E-state index in [2.05, 4.69) is 68.6 Å². The fourth-order valence-corrected chi connectivity index (χ4v) is 6.04. The van der Waals surface area contributed by atoms with Crippen LogP contribution >= 0.6 is 0 Å². The molecule has 0 atom stereocenters. The van der Waals surface area contributed by atoms with Gasteiger partial charge in [-0.25, -0.2) is 0 Å². The molecule has 0 amide bonds. The Labute approximate surface area is 246 Å². The minimum atomic E-state index is 0. The molecule has 0 saturated heterocycles. The number of unbranched alkanes of at least 4 members (excludes halogenated alkanes) is 8. The summed E-state index contributed by atoms with van der Waals surface area (Å²) in [6, 6.07) is 2.52. The first-order valence-corrected chi connectivity index (χ1v) is 15.4. The molecule has 0 saturated carbocycles. The molecule has 1 aromatic carbocycles. The molecule has 0 radical (unpaired) electrons. The van der Waals surface area contributed by atoms with Crippen LogP contribution in [0.25, 0.3) is 0 Å². The summed E-state index contributed by atoms with van der Waals surface area (Å²) >= 11 is 0. The van der Waals surface area contributed by atoms with E-state index in [-0.39, 0.29) is 24.8 Å². The Morgan fingerprint density at radius 3 is 1.00 bits per heavy atom. The summed E-state index contributed by atoms with van der Waals surface area (Å²) < 4.78 is 2.42. The normalized spacial score (nSPS) is 11.8. The zero-order valence-corrected chi connectivity index (χ0v) is 28.0. The van der Waals surface area contributed by atoms with E-state index in [1.54, 1.807) is 16.7 Å². The van der Waals surface area contributed by atoms with Crippen molar-refractivity contribution < 1.29 is 33.8 Å². The zero-order chi connectivity index (χ0) is 26.3. The molecule has 0 aliphatic rings. The molecule has 4 heteroatoms. The average Bonchev–Trinajstić information content (AvgIpc) is 2.80. The molecule has 0 aliphatic heterocycles. The van der Waals surface area contributed by atoms with Crippen molar-refractivity contribution in [3.63, 3.8) is 0 Å². The molecule has 0 fully saturated rings. The second kappa shape index (κ2) is 20.6. The number of halogens is 2. The van der Waals surface area contributed by atoms with Crippen LogP contribution in [0.4, 0.5) is 0 Å². The van der Waals surface area contributed by atoms with Gasteiger partial charge in [-0.3, -0.25) is 0 Å². The van der Waals surface area contributed by atoms with Crippen LogP contribution in [0, 0.1) is 20.8 Å². The van der Waals surface area contributed by atoms with E-state index in [9.17, 15) is 0 Å². The second-order valence-corrected chi connectivity index (χ2v) is 12.4. The highest BCUT2D eigenvalue weighted by molar-refractivity contribution is 5.44. The number of quaternary nitrogens is 2. The molecule has 1 rings (SSSR count). The van der Waals surface area contributed by atoms with Crippen molar-refractivity contribution in [3.05, 3.63) is 33.9 Å². The lowest BCUT2D eigenvalue weighted by molar-refractivity contribution is -0.923. The molecule has 220 valence electrons. The van der Waals surface area contributed by atoms with Gasteiger partial charge in [-0.05, 0) is 88.8 Å². The van der Waals surface area contributed by atoms with Crippen LogP contribution in [-0.2, 0) is 13.1 Å². The quantitative estimate of drug-likeness (QED) is 0.170. The van der Waals surface area contributed by atoms with E-state index in [4.69, 9.17) is 0 Å². The van der Waals surface area contributed by atoms with Gasteiger partial charge in [0.25, 0.3) is 0 Å². The Hall–Kier alpha value is -0.280. The Morgan fingerprint density at radius 1 is 0.486 bits per heavy atom. The summed E-state index contributed by atoms with van der Waals surface area (Å²) in [6.45, 7) is 24.2. The van der Waals surface area contributed by atoms with Gasteiger partial charge in [-0.2, -0.15) is 0 Å². The summed E-state index contributed by atoms with van der Waals surface area (Å²) in [5, 5.41) is 0. The topological polar surface area (TPSA) is 0 Å². The lowest BCUT2D eigenvalue weighted by Gasteiger charge is -2.38. The van der Waals surface area contributed by atoms with Crippen molar-refractivity contribution in [2.45, 2.75) is 139 Å². The number of benzene rings is 1. The third kappa shape index (κ3) is 14.1. The lowest BCUT2D eigenvalue weighted by atomic mass is 9.91. The molecule has 0 N–H and O–H groups in total. The standard InChI is InChI=1S/C33H64N2.2ClH/c1-10-14-18-22-34(8,23-19-15-11-2)27-32-29(5)26-30(6)33(31(32)7)28-35(9,24-20-16-12-3)25-21-17-13-4;;/h26H,10-25,27-28H2,1-9H3;2*1H/q+2;;/p-2. The van der Waals surface area contributed by atoms with Crippen LogP contribution in [0.15, 0.2) is 6.07 Å². The van der Waals surface area contributed by atoms with Crippen molar-refractivity contribution in [2.24, 2.45) is 0 Å². The monoisotopic (exact) mass is 558 g/mol. The highest BCUT2D eigenvalue weighted by atomic mass is 35.5. The van der Waals surface area contributed by atoms with Crippen LogP contribution in [0.3, 0.4) is 0 Å². The van der Waals surface area contributed by atoms with Gasteiger partial charge in [-0.15, -0.1) is 0 Å². The predicted molar refractivity (Wildman–Crippen MR) is 158 cm³/mol. The molecule has 0 spiro atoms. The predicted octanol–water partition coefficient (Wildman–Crippen LogP) is 3.27. The number of nitrogens with zero attached hydrogens (tertiary/aromatic N) is 2. The van der Waals surface area contributed by atoms with E-state index in [0.29, 0.717) is 0 Å². The van der Waals surface area contributed by atoms with Gasteiger partial charge in [0.1, 0.15) is 13.1 Å². The van der Waals surface area contributed by atoms with Gasteiger partial charge in [0.2, 0.25) is 0 Å². The first-order chi connectivity index (χ1) is 16.6. The van der Waals surface area contributed by atoms with Gasteiger partial charge >= 0.3 is 0 Å². The van der Waals surface area contributed by atoms with Crippen molar-refractivity contribution >= 4 is 0 Å². The van der Waals surface area contributed by atoms with Crippen LogP contribution in [0.1, 0.15) is 133 Å². The molecule has 37 heavy (non-hydrogen) atoms. The van der Waals surface area contributed by atoms with E-state index < -0.39 is 0 Å². The Kier molecular flexibility index (Phi) is 21.6. The maximum atomic E-state index is 2.54. The van der Waals surface area contributed by atoms with Crippen molar-refractivity contribution in [2.75, 3.05) is 40.3 Å². The van der Waals surface area contributed by atoms with Crippen molar-refractivity contribution in [1.29, 1.82) is 0 Å². The third-order valence-corrected chi connectivity index (χ3v) is 8.58. The second-order valence-electron chi connectivity index (χ2n) is 12.4. The molecule has 0 aromatic heterocycles. The number of aryl methyl sites for hydroxylation is 2. The molecule has 1 aromatic rings. The van der Waals surface area contributed by atoms with Crippen LogP contribution in [-0.4, -0.2) is 49.2 Å². The minimum absolute atomic E-state index is 0. The van der Waals surface area contributed by atoms with Gasteiger partial charge in [0, 0.05) is 11.1 Å². The SMILES string of the molecule is CCCCC[N+](C)(CCCCC)Cc1c(C)cc(C)c(C[N+](C)(CCCCC)CCCCC)c1C.[Cl-].[Cl-]. The van der Waals surface area contributed by atoms with E-state index >= 15 is 0 Å². The maximum absolute atomic E-state index is 2.54. The highest BCUT2D eigenvalue weighted by Gasteiger charge is 2.28. The number of hydrogen-bond acceptors (Lipinski definition) is 0. The molecule has 0 unspecified atom stereocenters.